The van der Waals surface area contributed by atoms with Crippen LogP contribution in [-0.4, -0.2) is 70.9 Å². The van der Waals surface area contributed by atoms with Gasteiger partial charge in [-0.1, -0.05) is 44.2 Å². The van der Waals surface area contributed by atoms with Gasteiger partial charge in [0.2, 0.25) is 23.6 Å². The molecule has 37 heavy (non-hydrogen) atoms. The lowest BCUT2D eigenvalue weighted by molar-refractivity contribution is -0.142. The summed E-state index contributed by atoms with van der Waals surface area (Å²) in [4.78, 5) is 61.5. The third kappa shape index (κ3) is 12.6. The van der Waals surface area contributed by atoms with E-state index in [1.54, 1.807) is 24.3 Å². The zero-order valence-corrected chi connectivity index (χ0v) is 22.4. The SMILES string of the molecule is CSCCC(NC(=O)C(N)CCC(N)=O)C(=O)NC(CC(C)C)C(=O)NC(Cc1ccccc1)C(=O)O. The second-order valence-electron chi connectivity index (χ2n) is 9.23. The molecule has 4 unspecified atom stereocenters. The number of nitrogens with two attached hydrogens (primary N) is 2. The van der Waals surface area contributed by atoms with Crippen LogP contribution in [0.1, 0.15) is 45.1 Å². The number of amides is 4. The van der Waals surface area contributed by atoms with Gasteiger partial charge in [0.1, 0.15) is 18.1 Å². The van der Waals surface area contributed by atoms with Gasteiger partial charge < -0.3 is 32.5 Å². The minimum Gasteiger partial charge on any atom is -0.480 e. The first-order valence-corrected chi connectivity index (χ1v) is 13.5. The van der Waals surface area contributed by atoms with E-state index in [-0.39, 0.29) is 38.0 Å². The van der Waals surface area contributed by atoms with Crippen LogP contribution >= 0.6 is 11.8 Å². The standard InChI is InChI=1S/C25H39N5O6S/c1-15(2)13-19(24(34)30-20(25(35)36)14-16-7-5-4-6-8-16)29-23(33)18(11-12-37-3)28-22(32)17(26)9-10-21(27)31/h4-8,15,17-20H,9-14,26H2,1-3H3,(H2,27,31)(H,28,32)(H,29,33)(H,30,34)(H,35,36). The summed E-state index contributed by atoms with van der Waals surface area (Å²) >= 11 is 1.48. The second-order valence-corrected chi connectivity index (χ2v) is 10.2. The Balaban J connectivity index is 2.96. The van der Waals surface area contributed by atoms with Gasteiger partial charge in [-0.3, -0.25) is 19.2 Å². The molecule has 0 radical (unpaired) electrons. The average molecular weight is 538 g/mol. The molecule has 0 spiro atoms. The molecule has 0 aromatic heterocycles. The highest BCUT2D eigenvalue weighted by molar-refractivity contribution is 7.98. The molecule has 4 amide bonds. The van der Waals surface area contributed by atoms with Crippen LogP contribution < -0.4 is 27.4 Å². The minimum atomic E-state index is -1.19. The Hall–Kier alpha value is -3.12. The highest BCUT2D eigenvalue weighted by Gasteiger charge is 2.30. The molecule has 1 aromatic carbocycles. The van der Waals surface area contributed by atoms with E-state index in [9.17, 15) is 29.1 Å². The maximum atomic E-state index is 13.1. The quantitative estimate of drug-likeness (QED) is 0.162. The summed E-state index contributed by atoms with van der Waals surface area (Å²) in [7, 11) is 0. The molecule has 0 fully saturated rings. The molecule has 0 saturated carbocycles. The number of hydrogen-bond donors (Lipinski definition) is 6. The van der Waals surface area contributed by atoms with Crippen LogP contribution in [0.5, 0.6) is 0 Å². The van der Waals surface area contributed by atoms with Gasteiger partial charge in [0.25, 0.3) is 0 Å². The Morgan fingerprint density at radius 1 is 0.892 bits per heavy atom. The van der Waals surface area contributed by atoms with E-state index >= 15 is 0 Å². The number of thioether (sulfide) groups is 1. The molecule has 0 bridgehead atoms. The summed E-state index contributed by atoms with van der Waals surface area (Å²) in [6.07, 6.45) is 2.44. The van der Waals surface area contributed by atoms with E-state index in [4.69, 9.17) is 11.5 Å². The molecule has 0 aliphatic carbocycles. The first-order valence-electron chi connectivity index (χ1n) is 12.1. The van der Waals surface area contributed by atoms with Crippen molar-refractivity contribution in [1.29, 1.82) is 0 Å². The summed E-state index contributed by atoms with van der Waals surface area (Å²) in [5, 5.41) is 17.5. The van der Waals surface area contributed by atoms with E-state index in [1.807, 2.05) is 26.2 Å². The Morgan fingerprint density at radius 3 is 2.00 bits per heavy atom. The molecular weight excluding hydrogens is 498 g/mol. The molecule has 0 aliphatic heterocycles. The van der Waals surface area contributed by atoms with Crippen LogP contribution in [0.4, 0.5) is 0 Å². The zero-order chi connectivity index (χ0) is 28.0. The van der Waals surface area contributed by atoms with E-state index in [2.05, 4.69) is 16.0 Å². The molecule has 1 rings (SSSR count). The smallest absolute Gasteiger partial charge is 0.326 e. The van der Waals surface area contributed by atoms with Crippen LogP contribution in [0.2, 0.25) is 0 Å². The van der Waals surface area contributed by atoms with Crippen molar-refractivity contribution in [1.82, 2.24) is 16.0 Å². The summed E-state index contributed by atoms with van der Waals surface area (Å²) in [5.74, 6) is -3.04. The van der Waals surface area contributed by atoms with Crippen molar-refractivity contribution in [2.24, 2.45) is 17.4 Å². The molecule has 12 heteroatoms. The number of aliphatic carboxylic acids is 1. The van der Waals surface area contributed by atoms with Gasteiger partial charge in [0.05, 0.1) is 6.04 Å². The van der Waals surface area contributed by atoms with E-state index in [0.29, 0.717) is 5.75 Å². The van der Waals surface area contributed by atoms with E-state index in [1.165, 1.54) is 11.8 Å². The molecule has 1 aromatic rings. The van der Waals surface area contributed by atoms with Crippen LogP contribution in [-0.2, 0) is 30.4 Å². The average Bonchev–Trinajstić information content (AvgIpc) is 2.84. The van der Waals surface area contributed by atoms with E-state index < -0.39 is 53.8 Å². The maximum Gasteiger partial charge on any atom is 0.326 e. The third-order valence-electron chi connectivity index (χ3n) is 5.52. The largest absolute Gasteiger partial charge is 0.480 e. The van der Waals surface area contributed by atoms with E-state index in [0.717, 1.165) is 5.56 Å². The fourth-order valence-electron chi connectivity index (χ4n) is 3.51. The van der Waals surface area contributed by atoms with Gasteiger partial charge in [0, 0.05) is 12.8 Å². The monoisotopic (exact) mass is 537 g/mol. The summed E-state index contributed by atoms with van der Waals surface area (Å²) in [5.41, 5.74) is 11.7. The lowest BCUT2D eigenvalue weighted by atomic mass is 10.0. The van der Waals surface area contributed by atoms with Crippen LogP contribution in [0.25, 0.3) is 0 Å². The van der Waals surface area contributed by atoms with Crippen molar-refractivity contribution in [2.75, 3.05) is 12.0 Å². The van der Waals surface area contributed by atoms with Crippen molar-refractivity contribution in [3.63, 3.8) is 0 Å². The molecule has 4 atom stereocenters. The molecule has 0 saturated heterocycles. The Labute approximate surface area is 221 Å². The number of primary amides is 1. The van der Waals surface area contributed by atoms with Crippen molar-refractivity contribution in [3.05, 3.63) is 35.9 Å². The lowest BCUT2D eigenvalue weighted by Gasteiger charge is -2.26. The van der Waals surface area contributed by atoms with Crippen LogP contribution in [0.15, 0.2) is 30.3 Å². The number of carboxylic acids is 1. The van der Waals surface area contributed by atoms with Crippen LogP contribution in [0, 0.1) is 5.92 Å². The normalized spacial score (nSPS) is 14.2. The van der Waals surface area contributed by atoms with Crippen molar-refractivity contribution in [3.8, 4) is 0 Å². The molecule has 0 heterocycles. The third-order valence-corrected chi connectivity index (χ3v) is 6.16. The molecule has 8 N–H and O–H groups in total. The highest BCUT2D eigenvalue weighted by Crippen LogP contribution is 2.10. The summed E-state index contributed by atoms with van der Waals surface area (Å²) < 4.78 is 0. The predicted octanol–water partition coefficient (Wildman–Crippen LogP) is 0.160. The van der Waals surface area contributed by atoms with Gasteiger partial charge in [-0.15, -0.1) is 0 Å². The lowest BCUT2D eigenvalue weighted by Crippen LogP contribution is -2.57. The number of nitrogens with one attached hydrogen (secondary N) is 3. The zero-order valence-electron chi connectivity index (χ0n) is 21.6. The first-order chi connectivity index (χ1) is 17.4. The topological polar surface area (TPSA) is 194 Å². The van der Waals surface area contributed by atoms with Gasteiger partial charge in [-0.05, 0) is 42.8 Å². The number of rotatable bonds is 17. The van der Waals surface area contributed by atoms with Crippen molar-refractivity contribution in [2.45, 2.75) is 70.1 Å². The highest BCUT2D eigenvalue weighted by atomic mass is 32.2. The maximum absolute atomic E-state index is 13.1. The number of carboxylic acid groups (broad SMARTS) is 1. The molecule has 11 nitrogen and oxygen atoms in total. The fraction of sp³-hybridized carbons (Fsp3) is 0.560. The van der Waals surface area contributed by atoms with Crippen molar-refractivity contribution >= 4 is 41.4 Å². The summed E-state index contributed by atoms with van der Waals surface area (Å²) in [6.45, 7) is 3.74. The fourth-order valence-corrected chi connectivity index (χ4v) is 3.98. The predicted molar refractivity (Wildman–Crippen MR) is 142 cm³/mol. The molecule has 0 aliphatic rings. The Morgan fingerprint density at radius 2 is 1.46 bits per heavy atom. The minimum absolute atomic E-state index is 0.00918. The molecular formula is C25H39N5O6S. The van der Waals surface area contributed by atoms with Gasteiger partial charge in [-0.25, -0.2) is 4.79 Å². The van der Waals surface area contributed by atoms with Crippen molar-refractivity contribution < 1.29 is 29.1 Å². The number of carbonyl (C=O) groups excluding carboxylic acids is 4. The Bertz CT molecular complexity index is 914. The number of hydrogen-bond acceptors (Lipinski definition) is 7. The molecule has 206 valence electrons. The first kappa shape index (κ1) is 31.9. The van der Waals surface area contributed by atoms with Gasteiger partial charge in [0.15, 0.2) is 0 Å². The Kier molecular flexibility index (Phi) is 14.3. The van der Waals surface area contributed by atoms with Gasteiger partial charge in [-0.2, -0.15) is 11.8 Å². The van der Waals surface area contributed by atoms with Crippen LogP contribution in [0.3, 0.4) is 0 Å². The number of carbonyl (C=O) groups is 5. The number of benzene rings is 1. The summed E-state index contributed by atoms with van der Waals surface area (Å²) in [6, 6.07) is 4.71. The second kappa shape index (κ2) is 16.6. The van der Waals surface area contributed by atoms with Gasteiger partial charge >= 0.3 is 5.97 Å².